The minimum atomic E-state index is -0.0883. The summed E-state index contributed by atoms with van der Waals surface area (Å²) in [6.45, 7) is 0. The molecule has 0 aliphatic heterocycles. The van der Waals surface area contributed by atoms with Crippen LogP contribution < -0.4 is 0 Å². The quantitative estimate of drug-likeness (QED) is 0.243. The molecule has 0 bridgehead atoms. The lowest BCUT2D eigenvalue weighted by Crippen LogP contribution is -2.05. The lowest BCUT2D eigenvalue weighted by Gasteiger charge is -2.10. The maximum absolute atomic E-state index is 12.6. The highest BCUT2D eigenvalue weighted by atomic mass is 35.5. The summed E-state index contributed by atoms with van der Waals surface area (Å²) in [4.78, 5) is 16.7. The van der Waals surface area contributed by atoms with E-state index in [1.165, 1.54) is 11.8 Å². The monoisotopic (exact) mass is 474 g/mol. The smallest absolute Gasteiger partial charge is 0.196 e. The first-order valence-corrected chi connectivity index (χ1v) is 10.9. The molecule has 0 atom stereocenters. The Morgan fingerprint density at radius 2 is 1.63 bits per heavy atom. The minimum Gasteiger partial charge on any atom is -0.293 e. The number of thioether (sulfide) groups is 1. The molecule has 2 heterocycles. The minimum absolute atomic E-state index is 0.0883. The third kappa shape index (κ3) is 4.52. The van der Waals surface area contributed by atoms with Gasteiger partial charge in [-0.25, -0.2) is 0 Å². The van der Waals surface area contributed by atoms with E-state index in [4.69, 9.17) is 34.8 Å². The lowest BCUT2D eigenvalue weighted by molar-refractivity contribution is 0.102. The van der Waals surface area contributed by atoms with Crippen molar-refractivity contribution >= 4 is 52.3 Å². The summed E-state index contributed by atoms with van der Waals surface area (Å²) < 4.78 is 1.89. The molecule has 30 heavy (non-hydrogen) atoms. The first-order chi connectivity index (χ1) is 14.5. The van der Waals surface area contributed by atoms with Crippen LogP contribution in [0.4, 0.5) is 0 Å². The highest BCUT2D eigenvalue weighted by molar-refractivity contribution is 7.99. The molecule has 0 saturated carbocycles. The predicted octanol–water partition coefficient (Wildman–Crippen LogP) is 6.26. The van der Waals surface area contributed by atoms with Gasteiger partial charge in [0.2, 0.25) is 0 Å². The lowest BCUT2D eigenvalue weighted by atomic mass is 10.1. The van der Waals surface area contributed by atoms with Gasteiger partial charge in [0.25, 0.3) is 0 Å². The van der Waals surface area contributed by atoms with Gasteiger partial charge in [-0.2, -0.15) is 0 Å². The van der Waals surface area contributed by atoms with Crippen LogP contribution >= 0.6 is 46.6 Å². The summed E-state index contributed by atoms with van der Waals surface area (Å²) in [5.74, 6) is 0.721. The van der Waals surface area contributed by atoms with Gasteiger partial charge in [-0.3, -0.25) is 14.3 Å². The summed E-state index contributed by atoms with van der Waals surface area (Å²) in [5, 5.41) is 10.6. The number of pyridine rings is 1. The fourth-order valence-corrected chi connectivity index (χ4v) is 4.03. The molecule has 150 valence electrons. The second-order valence-corrected chi connectivity index (χ2v) is 8.39. The van der Waals surface area contributed by atoms with Gasteiger partial charge >= 0.3 is 0 Å². The summed E-state index contributed by atoms with van der Waals surface area (Å²) in [6.07, 6.45) is 3.38. The van der Waals surface area contributed by atoms with Gasteiger partial charge in [-0.1, -0.05) is 46.6 Å². The van der Waals surface area contributed by atoms with Gasteiger partial charge in [-0.15, -0.1) is 10.2 Å². The van der Waals surface area contributed by atoms with Crippen LogP contribution in [-0.4, -0.2) is 31.3 Å². The van der Waals surface area contributed by atoms with Gasteiger partial charge in [0.05, 0.1) is 15.8 Å². The number of ketones is 1. The van der Waals surface area contributed by atoms with Crippen molar-refractivity contribution in [3.63, 3.8) is 0 Å². The molecule has 4 rings (SSSR count). The van der Waals surface area contributed by atoms with Gasteiger partial charge in [0, 0.05) is 34.2 Å². The number of aromatic nitrogens is 4. The third-order valence-electron chi connectivity index (χ3n) is 4.23. The molecule has 0 spiro atoms. The Hall–Kier alpha value is -2.38. The van der Waals surface area contributed by atoms with Crippen LogP contribution in [0, 0.1) is 0 Å². The Kier molecular flexibility index (Phi) is 6.39. The highest BCUT2D eigenvalue weighted by Gasteiger charge is 2.18. The van der Waals surface area contributed by atoms with Crippen LogP contribution in [0.15, 0.2) is 72.1 Å². The second kappa shape index (κ2) is 9.18. The summed E-state index contributed by atoms with van der Waals surface area (Å²) in [7, 11) is 0. The molecule has 0 radical (unpaired) electrons. The third-order valence-corrected chi connectivity index (χ3v) is 6.15. The highest BCUT2D eigenvalue weighted by Crippen LogP contribution is 2.29. The first kappa shape index (κ1) is 20.9. The Labute approximate surface area is 192 Å². The summed E-state index contributed by atoms with van der Waals surface area (Å²) in [6, 6.07) is 15.9. The van der Waals surface area contributed by atoms with Crippen molar-refractivity contribution in [2.75, 3.05) is 5.75 Å². The topological polar surface area (TPSA) is 60.7 Å². The van der Waals surface area contributed by atoms with Gasteiger partial charge < -0.3 is 0 Å². The second-order valence-electron chi connectivity index (χ2n) is 6.19. The Morgan fingerprint density at radius 1 is 0.900 bits per heavy atom. The Morgan fingerprint density at radius 3 is 2.33 bits per heavy atom. The molecular formula is C21H13Cl3N4OS. The van der Waals surface area contributed by atoms with Crippen molar-refractivity contribution < 1.29 is 4.79 Å². The van der Waals surface area contributed by atoms with Crippen LogP contribution in [-0.2, 0) is 0 Å². The Bertz CT molecular complexity index is 1200. The number of carbonyl (C=O) groups excluding carboxylic acids is 1. The zero-order valence-electron chi connectivity index (χ0n) is 15.3. The van der Waals surface area contributed by atoms with Crippen molar-refractivity contribution in [1.29, 1.82) is 0 Å². The molecule has 9 heteroatoms. The number of halogens is 3. The number of hydrogen-bond acceptors (Lipinski definition) is 5. The molecule has 0 fully saturated rings. The fourth-order valence-electron chi connectivity index (χ4n) is 2.76. The van der Waals surface area contributed by atoms with E-state index in [2.05, 4.69) is 15.2 Å². The van der Waals surface area contributed by atoms with Crippen molar-refractivity contribution in [1.82, 2.24) is 19.7 Å². The zero-order chi connectivity index (χ0) is 21.1. The molecule has 0 saturated heterocycles. The van der Waals surface area contributed by atoms with Crippen molar-refractivity contribution in [2.45, 2.75) is 5.16 Å². The zero-order valence-corrected chi connectivity index (χ0v) is 18.4. The number of hydrogen-bond donors (Lipinski definition) is 0. The van der Waals surface area contributed by atoms with Crippen LogP contribution in [0.5, 0.6) is 0 Å². The molecular weight excluding hydrogens is 463 g/mol. The van der Waals surface area contributed by atoms with E-state index in [9.17, 15) is 4.79 Å². The molecule has 4 aromatic rings. The number of rotatable bonds is 6. The largest absolute Gasteiger partial charge is 0.293 e. The van der Waals surface area contributed by atoms with Crippen LogP contribution in [0.3, 0.4) is 0 Å². The maximum Gasteiger partial charge on any atom is 0.196 e. The van der Waals surface area contributed by atoms with E-state index in [0.29, 0.717) is 31.6 Å². The van der Waals surface area contributed by atoms with E-state index in [0.717, 1.165) is 11.3 Å². The number of Topliss-reactive ketones (excluding diaryl/α,β-unsaturated/α-hetero) is 1. The molecule has 0 N–H and O–H groups in total. The summed E-state index contributed by atoms with van der Waals surface area (Å²) in [5.41, 5.74) is 2.18. The fraction of sp³-hybridized carbons (Fsp3) is 0.0476. The molecule has 2 aromatic heterocycles. The van der Waals surface area contributed by atoms with Gasteiger partial charge in [0.1, 0.15) is 0 Å². The normalized spacial score (nSPS) is 10.9. The van der Waals surface area contributed by atoms with Crippen molar-refractivity contribution in [3.8, 4) is 17.1 Å². The molecule has 0 amide bonds. The van der Waals surface area contributed by atoms with E-state index in [-0.39, 0.29) is 11.5 Å². The van der Waals surface area contributed by atoms with E-state index < -0.39 is 0 Å². The van der Waals surface area contributed by atoms with Crippen molar-refractivity contribution in [3.05, 3.63) is 87.6 Å². The predicted molar refractivity (Wildman–Crippen MR) is 121 cm³/mol. The number of nitrogens with zero attached hydrogens (tertiary/aromatic N) is 4. The van der Waals surface area contributed by atoms with Crippen molar-refractivity contribution in [2.24, 2.45) is 0 Å². The molecule has 0 unspecified atom stereocenters. The average Bonchev–Trinajstić information content (AvgIpc) is 3.19. The standard InChI is InChI=1S/C21H13Cl3N4OS/c22-15-2-4-16(5-3-15)28-20(13-7-9-25-10-8-13)26-27-21(28)30-12-19(29)14-1-6-17(23)18(24)11-14/h1-11H,12H2. The maximum atomic E-state index is 12.6. The van der Waals surface area contributed by atoms with E-state index >= 15 is 0 Å². The SMILES string of the molecule is O=C(CSc1nnc(-c2ccncc2)n1-c1ccc(Cl)cc1)c1ccc(Cl)c(Cl)c1. The van der Waals surface area contributed by atoms with Gasteiger partial charge in [0.15, 0.2) is 16.8 Å². The molecule has 0 aliphatic carbocycles. The number of benzene rings is 2. The molecule has 2 aromatic carbocycles. The number of carbonyl (C=O) groups is 1. The summed E-state index contributed by atoms with van der Waals surface area (Å²) >= 11 is 19.3. The Balaban J connectivity index is 1.66. The molecule has 0 aliphatic rings. The van der Waals surface area contributed by atoms with Crippen LogP contribution in [0.1, 0.15) is 10.4 Å². The van der Waals surface area contributed by atoms with E-state index in [1.54, 1.807) is 42.7 Å². The van der Waals surface area contributed by atoms with Gasteiger partial charge in [-0.05, 0) is 54.6 Å². The average molecular weight is 476 g/mol. The van der Waals surface area contributed by atoms with E-state index in [1.807, 2.05) is 28.8 Å². The van der Waals surface area contributed by atoms with Crippen LogP contribution in [0.2, 0.25) is 15.1 Å². The van der Waals surface area contributed by atoms with Crippen LogP contribution in [0.25, 0.3) is 17.1 Å². The molecule has 5 nitrogen and oxygen atoms in total. The first-order valence-electron chi connectivity index (χ1n) is 8.76.